The standard InChI is InChI=1S/C22H28N4O2/c1-17(25-9-3-2-4-10-25)18-5-7-19(8-6-18)20-15-23-16-21(24-20)22(27)26-11-13-28-14-12-26/h5-8,15-17H,2-4,9-14H2,1H3/t17-/m0/s1. The van der Waals surface area contributed by atoms with E-state index in [4.69, 9.17) is 4.74 Å². The van der Waals surface area contributed by atoms with E-state index in [9.17, 15) is 4.79 Å². The second-order valence-electron chi connectivity index (χ2n) is 7.59. The van der Waals surface area contributed by atoms with Gasteiger partial charge in [0, 0.05) is 24.7 Å². The normalized spacial score (nSPS) is 19.4. The Morgan fingerprint density at radius 3 is 2.43 bits per heavy atom. The van der Waals surface area contributed by atoms with E-state index < -0.39 is 0 Å². The Labute approximate surface area is 166 Å². The molecular formula is C22H28N4O2. The molecule has 0 saturated carbocycles. The summed E-state index contributed by atoms with van der Waals surface area (Å²) < 4.78 is 5.32. The van der Waals surface area contributed by atoms with E-state index in [2.05, 4.69) is 46.1 Å². The number of carbonyl (C=O) groups is 1. The Kier molecular flexibility index (Phi) is 5.98. The molecule has 1 aromatic heterocycles. The molecule has 28 heavy (non-hydrogen) atoms. The fraction of sp³-hybridized carbons (Fsp3) is 0.500. The van der Waals surface area contributed by atoms with Crippen LogP contribution in [0.1, 0.15) is 48.3 Å². The molecule has 4 rings (SSSR count). The van der Waals surface area contributed by atoms with E-state index in [0.717, 1.165) is 11.3 Å². The number of piperidine rings is 1. The molecule has 2 aliphatic heterocycles. The van der Waals surface area contributed by atoms with E-state index in [1.165, 1.54) is 37.9 Å². The van der Waals surface area contributed by atoms with Crippen molar-refractivity contribution in [2.24, 2.45) is 0 Å². The van der Waals surface area contributed by atoms with Gasteiger partial charge in [-0.3, -0.25) is 14.7 Å². The summed E-state index contributed by atoms with van der Waals surface area (Å²) in [7, 11) is 0. The Balaban J connectivity index is 1.49. The molecule has 0 N–H and O–H groups in total. The second kappa shape index (κ2) is 8.80. The van der Waals surface area contributed by atoms with E-state index in [-0.39, 0.29) is 5.91 Å². The van der Waals surface area contributed by atoms with Gasteiger partial charge < -0.3 is 9.64 Å². The molecule has 2 fully saturated rings. The molecule has 2 aliphatic rings. The van der Waals surface area contributed by atoms with Crippen molar-refractivity contribution in [1.82, 2.24) is 19.8 Å². The van der Waals surface area contributed by atoms with Crippen molar-refractivity contribution < 1.29 is 9.53 Å². The van der Waals surface area contributed by atoms with Crippen LogP contribution < -0.4 is 0 Å². The highest BCUT2D eigenvalue weighted by molar-refractivity contribution is 5.92. The highest BCUT2D eigenvalue weighted by atomic mass is 16.5. The number of aromatic nitrogens is 2. The third-order valence-corrected chi connectivity index (χ3v) is 5.78. The molecule has 3 heterocycles. The molecule has 0 radical (unpaired) electrons. The van der Waals surface area contributed by atoms with Crippen molar-refractivity contribution in [2.45, 2.75) is 32.2 Å². The average molecular weight is 380 g/mol. The maximum absolute atomic E-state index is 12.7. The summed E-state index contributed by atoms with van der Waals surface area (Å²) in [5.74, 6) is -0.0759. The van der Waals surface area contributed by atoms with Gasteiger partial charge in [-0.05, 0) is 38.4 Å². The van der Waals surface area contributed by atoms with Gasteiger partial charge in [0.1, 0.15) is 5.69 Å². The van der Waals surface area contributed by atoms with E-state index >= 15 is 0 Å². The summed E-state index contributed by atoms with van der Waals surface area (Å²) in [6.07, 6.45) is 7.21. The predicted octanol–water partition coefficient (Wildman–Crippen LogP) is 3.16. The molecule has 2 saturated heterocycles. The van der Waals surface area contributed by atoms with Crippen LogP contribution in [-0.4, -0.2) is 65.1 Å². The van der Waals surface area contributed by atoms with Gasteiger partial charge >= 0.3 is 0 Å². The maximum Gasteiger partial charge on any atom is 0.274 e. The van der Waals surface area contributed by atoms with Crippen molar-refractivity contribution in [2.75, 3.05) is 39.4 Å². The highest BCUT2D eigenvalue weighted by Crippen LogP contribution is 2.26. The molecule has 1 atom stereocenters. The van der Waals surface area contributed by atoms with Crippen molar-refractivity contribution in [1.29, 1.82) is 0 Å². The van der Waals surface area contributed by atoms with Crippen LogP contribution in [0.15, 0.2) is 36.7 Å². The van der Waals surface area contributed by atoms with Gasteiger partial charge in [0.2, 0.25) is 0 Å². The van der Waals surface area contributed by atoms with Crippen LogP contribution >= 0.6 is 0 Å². The number of hydrogen-bond acceptors (Lipinski definition) is 5. The number of carbonyl (C=O) groups excluding carboxylic acids is 1. The summed E-state index contributed by atoms with van der Waals surface area (Å²) >= 11 is 0. The molecule has 148 valence electrons. The van der Waals surface area contributed by atoms with Gasteiger partial charge in [-0.15, -0.1) is 0 Å². The molecule has 0 spiro atoms. The monoisotopic (exact) mass is 380 g/mol. The first-order chi connectivity index (χ1) is 13.7. The Morgan fingerprint density at radius 1 is 1.00 bits per heavy atom. The van der Waals surface area contributed by atoms with Gasteiger partial charge in [0.25, 0.3) is 5.91 Å². The first-order valence-electron chi connectivity index (χ1n) is 10.3. The summed E-state index contributed by atoms with van der Waals surface area (Å²) in [5, 5.41) is 0. The van der Waals surface area contributed by atoms with Crippen LogP contribution in [0, 0.1) is 0 Å². The molecule has 0 aliphatic carbocycles. The number of amides is 1. The van der Waals surface area contributed by atoms with E-state index in [0.29, 0.717) is 38.0 Å². The summed E-state index contributed by atoms with van der Waals surface area (Å²) in [4.78, 5) is 25.8. The average Bonchev–Trinajstić information content (AvgIpc) is 2.79. The van der Waals surface area contributed by atoms with E-state index in [1.54, 1.807) is 17.3 Å². The lowest BCUT2D eigenvalue weighted by Crippen LogP contribution is -2.41. The highest BCUT2D eigenvalue weighted by Gasteiger charge is 2.21. The zero-order chi connectivity index (χ0) is 19.3. The van der Waals surface area contributed by atoms with Crippen molar-refractivity contribution in [3.8, 4) is 11.3 Å². The molecule has 0 bridgehead atoms. The SMILES string of the molecule is C[C@@H](c1ccc(-c2cncc(C(=O)N3CCOCC3)n2)cc1)N1CCCCC1. The third-order valence-electron chi connectivity index (χ3n) is 5.78. The second-order valence-corrected chi connectivity index (χ2v) is 7.59. The first-order valence-corrected chi connectivity index (χ1v) is 10.3. The number of hydrogen-bond donors (Lipinski definition) is 0. The van der Waals surface area contributed by atoms with Crippen molar-refractivity contribution in [3.05, 3.63) is 47.9 Å². The van der Waals surface area contributed by atoms with Crippen LogP contribution in [0.25, 0.3) is 11.3 Å². The van der Waals surface area contributed by atoms with Crippen LogP contribution in [0.5, 0.6) is 0 Å². The van der Waals surface area contributed by atoms with Crippen LogP contribution in [0.3, 0.4) is 0 Å². The third kappa shape index (κ3) is 4.23. The molecule has 1 aromatic carbocycles. The largest absolute Gasteiger partial charge is 0.378 e. The fourth-order valence-corrected chi connectivity index (χ4v) is 3.99. The molecule has 1 amide bonds. The Morgan fingerprint density at radius 2 is 1.71 bits per heavy atom. The van der Waals surface area contributed by atoms with Gasteiger partial charge in [0.05, 0.1) is 31.3 Å². The summed E-state index contributed by atoms with van der Waals surface area (Å²) in [6, 6.07) is 8.94. The lowest BCUT2D eigenvalue weighted by atomic mass is 10.0. The van der Waals surface area contributed by atoms with Crippen LogP contribution in [0.4, 0.5) is 0 Å². The molecule has 2 aromatic rings. The maximum atomic E-state index is 12.7. The van der Waals surface area contributed by atoms with Gasteiger partial charge in [-0.25, -0.2) is 4.98 Å². The van der Waals surface area contributed by atoms with E-state index in [1.807, 2.05) is 0 Å². The van der Waals surface area contributed by atoms with Gasteiger partial charge in [-0.2, -0.15) is 0 Å². The van der Waals surface area contributed by atoms with Crippen molar-refractivity contribution in [3.63, 3.8) is 0 Å². The minimum absolute atomic E-state index is 0.0759. The minimum Gasteiger partial charge on any atom is -0.378 e. The summed E-state index contributed by atoms with van der Waals surface area (Å²) in [6.45, 7) is 7.01. The number of nitrogens with zero attached hydrogens (tertiary/aromatic N) is 4. The first kappa shape index (κ1) is 19.0. The van der Waals surface area contributed by atoms with Gasteiger partial charge in [-0.1, -0.05) is 30.7 Å². The molecule has 6 nitrogen and oxygen atoms in total. The molecular weight excluding hydrogens is 352 g/mol. The van der Waals surface area contributed by atoms with Crippen LogP contribution in [0.2, 0.25) is 0 Å². The number of ether oxygens (including phenoxy) is 1. The number of morpholine rings is 1. The molecule has 6 heteroatoms. The fourth-order valence-electron chi connectivity index (χ4n) is 3.99. The Hall–Kier alpha value is -2.31. The number of benzene rings is 1. The predicted molar refractivity (Wildman–Crippen MR) is 108 cm³/mol. The van der Waals surface area contributed by atoms with Crippen LogP contribution in [-0.2, 0) is 4.74 Å². The summed E-state index contributed by atoms with van der Waals surface area (Å²) in [5.41, 5.74) is 3.43. The molecule has 0 unspecified atom stereocenters. The smallest absolute Gasteiger partial charge is 0.274 e. The van der Waals surface area contributed by atoms with Crippen molar-refractivity contribution >= 4 is 5.91 Å². The Bertz CT molecular complexity index is 796. The zero-order valence-electron chi connectivity index (χ0n) is 16.5. The lowest BCUT2D eigenvalue weighted by molar-refractivity contribution is 0.0299. The number of rotatable bonds is 4. The minimum atomic E-state index is -0.0759. The van der Waals surface area contributed by atoms with Gasteiger partial charge in [0.15, 0.2) is 0 Å². The lowest BCUT2D eigenvalue weighted by Gasteiger charge is -2.32. The topological polar surface area (TPSA) is 58.6 Å². The zero-order valence-corrected chi connectivity index (χ0v) is 16.5. The number of likely N-dealkylation sites (tertiary alicyclic amines) is 1. The quantitative estimate of drug-likeness (QED) is 0.815.